The van der Waals surface area contributed by atoms with Crippen LogP contribution in [0.15, 0.2) is 22.6 Å². The topological polar surface area (TPSA) is 91.2 Å². The summed E-state index contributed by atoms with van der Waals surface area (Å²) in [5, 5.41) is 3.32. The van der Waals surface area contributed by atoms with Gasteiger partial charge in [-0.05, 0) is 71.0 Å². The number of fused-ring (bicyclic) bond motifs is 3. The molecule has 0 radical (unpaired) electrons. The van der Waals surface area contributed by atoms with Gasteiger partial charge in [0.1, 0.15) is 11.1 Å². The SMILES string of the molecule is CN1C2CCCC1CC(NC(=O)c1cccc3oc(N4CCN(C(=O)OC(C)(C)C)C[C@@H]4C(C)(C)C)nc13)C2.Cl. The number of ether oxygens (including phenoxy) is 1. The Hall–Kier alpha value is -2.52. The molecule has 0 saturated carbocycles. The molecule has 9 nitrogen and oxygen atoms in total. The molecule has 1 aromatic carbocycles. The van der Waals surface area contributed by atoms with Crippen LogP contribution >= 0.6 is 12.4 Å². The Labute approximate surface area is 244 Å². The Morgan fingerprint density at radius 1 is 1.05 bits per heavy atom. The van der Waals surface area contributed by atoms with Crippen LogP contribution in [-0.4, -0.2) is 83.2 Å². The van der Waals surface area contributed by atoms with Crippen molar-refractivity contribution in [3.8, 4) is 0 Å². The number of nitrogens with one attached hydrogen (secondary N) is 1. The summed E-state index contributed by atoms with van der Waals surface area (Å²) in [6.07, 6.45) is 5.38. The second-order valence-electron chi connectivity index (χ2n) is 13.7. The first-order chi connectivity index (χ1) is 18.3. The predicted octanol–water partition coefficient (Wildman–Crippen LogP) is 5.47. The number of halogens is 1. The Kier molecular flexibility index (Phi) is 8.67. The molecule has 2 amide bonds. The Morgan fingerprint density at radius 3 is 2.35 bits per heavy atom. The minimum atomic E-state index is -0.547. The fourth-order valence-electron chi connectivity index (χ4n) is 6.49. The van der Waals surface area contributed by atoms with Crippen LogP contribution in [0.2, 0.25) is 0 Å². The summed E-state index contributed by atoms with van der Waals surface area (Å²) in [6.45, 7) is 13.7. The maximum Gasteiger partial charge on any atom is 0.410 e. The van der Waals surface area contributed by atoms with Crippen molar-refractivity contribution in [2.24, 2.45) is 5.41 Å². The van der Waals surface area contributed by atoms with Crippen molar-refractivity contribution in [2.45, 2.75) is 103 Å². The molecular formula is C30H46ClN5O4. The van der Waals surface area contributed by atoms with E-state index in [0.717, 1.165) is 12.8 Å². The number of rotatable bonds is 3. The molecule has 3 aliphatic heterocycles. The van der Waals surface area contributed by atoms with E-state index in [1.165, 1.54) is 19.3 Å². The van der Waals surface area contributed by atoms with Crippen molar-refractivity contribution in [2.75, 3.05) is 31.6 Å². The second-order valence-corrected chi connectivity index (χ2v) is 13.7. The van der Waals surface area contributed by atoms with Gasteiger partial charge in [0.15, 0.2) is 5.58 Å². The van der Waals surface area contributed by atoms with Gasteiger partial charge in [0.05, 0.1) is 11.6 Å². The molecule has 0 spiro atoms. The quantitative estimate of drug-likeness (QED) is 0.519. The molecule has 10 heteroatoms. The minimum Gasteiger partial charge on any atom is -0.444 e. The zero-order valence-electron chi connectivity index (χ0n) is 25.0. The van der Waals surface area contributed by atoms with Gasteiger partial charge in [0, 0.05) is 37.8 Å². The molecule has 40 heavy (non-hydrogen) atoms. The molecule has 3 saturated heterocycles. The van der Waals surface area contributed by atoms with Gasteiger partial charge in [-0.3, -0.25) is 4.79 Å². The normalized spacial score (nSPS) is 25.9. The maximum atomic E-state index is 13.5. The molecule has 2 bridgehead atoms. The van der Waals surface area contributed by atoms with Crippen molar-refractivity contribution in [1.29, 1.82) is 0 Å². The molecule has 2 unspecified atom stereocenters. The van der Waals surface area contributed by atoms with Gasteiger partial charge in [0.2, 0.25) is 0 Å². The summed E-state index contributed by atoms with van der Waals surface area (Å²) in [6, 6.07) is 7.28. The molecule has 222 valence electrons. The van der Waals surface area contributed by atoms with E-state index in [1.807, 2.05) is 39.0 Å². The van der Waals surface area contributed by atoms with Crippen LogP contribution in [0.3, 0.4) is 0 Å². The molecule has 4 heterocycles. The Bertz CT molecular complexity index is 1200. The molecule has 1 N–H and O–H groups in total. The number of anilines is 1. The van der Waals surface area contributed by atoms with Gasteiger partial charge in [-0.25, -0.2) is 4.79 Å². The summed E-state index contributed by atoms with van der Waals surface area (Å²) >= 11 is 0. The second kappa shape index (κ2) is 11.4. The number of hydrogen-bond donors (Lipinski definition) is 1. The number of carbonyl (C=O) groups excluding carboxylic acids is 2. The first-order valence-electron chi connectivity index (χ1n) is 14.5. The third-order valence-corrected chi connectivity index (χ3v) is 8.60. The summed E-state index contributed by atoms with van der Waals surface area (Å²) in [7, 11) is 2.22. The van der Waals surface area contributed by atoms with E-state index in [2.05, 4.69) is 42.9 Å². The monoisotopic (exact) mass is 575 g/mol. The van der Waals surface area contributed by atoms with E-state index in [9.17, 15) is 9.59 Å². The van der Waals surface area contributed by atoms with E-state index < -0.39 is 5.60 Å². The van der Waals surface area contributed by atoms with Crippen LogP contribution in [0.25, 0.3) is 11.1 Å². The lowest BCUT2D eigenvalue weighted by molar-refractivity contribution is 0.0174. The molecule has 2 aromatic rings. The number of piperazine rings is 1. The minimum absolute atomic E-state index is 0. The first kappa shape index (κ1) is 30.4. The van der Waals surface area contributed by atoms with Gasteiger partial charge < -0.3 is 29.2 Å². The van der Waals surface area contributed by atoms with E-state index in [-0.39, 0.29) is 41.9 Å². The average molecular weight is 576 g/mol. The fraction of sp³-hybridized carbons (Fsp3) is 0.700. The van der Waals surface area contributed by atoms with Crippen LogP contribution in [0.1, 0.15) is 84.0 Å². The Balaban J connectivity index is 0.00000370. The molecule has 5 rings (SSSR count). The van der Waals surface area contributed by atoms with Crippen LogP contribution in [0, 0.1) is 5.41 Å². The zero-order valence-corrected chi connectivity index (χ0v) is 25.8. The van der Waals surface area contributed by atoms with E-state index >= 15 is 0 Å². The number of nitrogens with zero attached hydrogens (tertiary/aromatic N) is 4. The van der Waals surface area contributed by atoms with Crippen LogP contribution < -0.4 is 10.2 Å². The molecule has 3 fully saturated rings. The lowest BCUT2D eigenvalue weighted by Gasteiger charge is -2.47. The summed E-state index contributed by atoms with van der Waals surface area (Å²) in [4.78, 5) is 37.6. The van der Waals surface area contributed by atoms with Gasteiger partial charge in [-0.1, -0.05) is 33.3 Å². The number of oxazole rings is 1. The number of hydrogen-bond acceptors (Lipinski definition) is 7. The smallest absolute Gasteiger partial charge is 0.410 e. The van der Waals surface area contributed by atoms with E-state index in [4.69, 9.17) is 14.1 Å². The lowest BCUT2D eigenvalue weighted by Crippen LogP contribution is -2.60. The van der Waals surface area contributed by atoms with Crippen molar-refractivity contribution in [3.63, 3.8) is 0 Å². The van der Waals surface area contributed by atoms with Gasteiger partial charge in [-0.15, -0.1) is 12.4 Å². The van der Waals surface area contributed by atoms with Gasteiger partial charge in [0.25, 0.3) is 11.9 Å². The predicted molar refractivity (Wildman–Crippen MR) is 159 cm³/mol. The maximum absolute atomic E-state index is 13.5. The van der Waals surface area contributed by atoms with Crippen LogP contribution in [0.4, 0.5) is 10.8 Å². The van der Waals surface area contributed by atoms with Crippen molar-refractivity contribution in [3.05, 3.63) is 23.8 Å². The highest BCUT2D eigenvalue weighted by molar-refractivity contribution is 6.04. The first-order valence-corrected chi connectivity index (χ1v) is 14.5. The van der Waals surface area contributed by atoms with E-state index in [1.54, 1.807) is 4.90 Å². The zero-order chi connectivity index (χ0) is 28.1. The molecule has 1 aromatic heterocycles. The summed E-state index contributed by atoms with van der Waals surface area (Å²) in [5.41, 5.74) is 1.02. The van der Waals surface area contributed by atoms with Crippen LogP contribution in [-0.2, 0) is 4.74 Å². The third kappa shape index (κ3) is 6.35. The van der Waals surface area contributed by atoms with E-state index in [0.29, 0.717) is 54.4 Å². The summed E-state index contributed by atoms with van der Waals surface area (Å²) in [5.74, 6) is -0.0878. The number of amides is 2. The average Bonchev–Trinajstić information content (AvgIpc) is 3.27. The number of para-hydroxylation sites is 1. The number of benzene rings is 1. The highest BCUT2D eigenvalue weighted by Gasteiger charge is 2.41. The van der Waals surface area contributed by atoms with Crippen molar-refractivity contribution in [1.82, 2.24) is 20.1 Å². The number of aromatic nitrogens is 1. The number of piperidine rings is 2. The van der Waals surface area contributed by atoms with Crippen molar-refractivity contribution < 1.29 is 18.7 Å². The third-order valence-electron chi connectivity index (χ3n) is 8.60. The fourth-order valence-corrected chi connectivity index (χ4v) is 6.49. The van der Waals surface area contributed by atoms with Crippen molar-refractivity contribution >= 4 is 41.5 Å². The van der Waals surface area contributed by atoms with Gasteiger partial charge >= 0.3 is 6.09 Å². The largest absolute Gasteiger partial charge is 0.444 e. The molecule has 0 aliphatic carbocycles. The Morgan fingerprint density at radius 2 is 1.73 bits per heavy atom. The lowest BCUT2D eigenvalue weighted by atomic mass is 9.82. The standard InChI is InChI=1S/C30H45N5O4.ClH/c1-29(2,3)24-18-34(28(37)39-30(4,5)6)14-15-35(24)27-32-25-22(12-9-13-23(25)38-27)26(36)31-19-16-20-10-8-11-21(17-19)33(20)7;/h9,12-13,19-21,24H,8,10-11,14-18H2,1-7H3,(H,31,36);1H/t19?,20?,21?,24-;/m1./s1. The molecular weight excluding hydrogens is 530 g/mol. The summed E-state index contributed by atoms with van der Waals surface area (Å²) < 4.78 is 11.9. The highest BCUT2D eigenvalue weighted by Crippen LogP contribution is 2.35. The molecule has 3 atom stereocenters. The molecule has 3 aliphatic rings. The van der Waals surface area contributed by atoms with Gasteiger partial charge in [-0.2, -0.15) is 4.98 Å². The van der Waals surface area contributed by atoms with Crippen LogP contribution in [0.5, 0.6) is 0 Å². The highest BCUT2D eigenvalue weighted by atomic mass is 35.5. The number of carbonyl (C=O) groups is 2.